The summed E-state index contributed by atoms with van der Waals surface area (Å²) in [5.74, 6) is 0.853. The molecule has 63 heavy (non-hydrogen) atoms. The molecule has 2 unspecified atom stereocenters. The summed E-state index contributed by atoms with van der Waals surface area (Å²) in [6.45, 7) is 11.4. The van der Waals surface area contributed by atoms with Gasteiger partial charge in [0, 0.05) is 18.8 Å². The number of rotatable bonds is 11. The lowest BCUT2D eigenvalue weighted by Gasteiger charge is -2.34. The first-order valence-corrected chi connectivity index (χ1v) is 22.1. The number of hydrogen-bond donors (Lipinski definition) is 5. The van der Waals surface area contributed by atoms with Crippen LogP contribution in [0.15, 0.2) is 72.9 Å². The highest BCUT2D eigenvalue weighted by Gasteiger charge is 2.39. The van der Waals surface area contributed by atoms with E-state index in [0.29, 0.717) is 18.9 Å². The van der Waals surface area contributed by atoms with Crippen LogP contribution in [0.25, 0.3) is 22.3 Å². The molecule has 15 heteroatoms. The third kappa shape index (κ3) is 8.96. The van der Waals surface area contributed by atoms with Crippen LogP contribution in [0.4, 0.5) is 15.3 Å². The minimum absolute atomic E-state index is 0.0189. The van der Waals surface area contributed by atoms with Gasteiger partial charge in [-0.1, -0.05) is 77.1 Å². The number of nitrogens with zero attached hydrogens (tertiary/aromatic N) is 5. The molecule has 0 radical (unpaired) electrons. The van der Waals surface area contributed by atoms with Crippen LogP contribution in [-0.2, 0) is 19.7 Å². The fraction of sp³-hybridized carbons (Fsp3) is 0.458. The smallest absolute Gasteiger partial charge is 0.407 e. The Bertz CT molecular complexity index is 2450. The number of methoxy groups -OCH3 is 1. The van der Waals surface area contributed by atoms with Gasteiger partial charge in [-0.25, -0.2) is 19.6 Å². The highest BCUT2D eigenvalue weighted by atomic mass is 16.5. The number of imidazole rings is 2. The monoisotopic (exact) mass is 857 g/mol. The first-order chi connectivity index (χ1) is 30.2. The zero-order valence-corrected chi connectivity index (χ0v) is 37.0. The Morgan fingerprint density at radius 2 is 1.48 bits per heavy atom. The Balaban J connectivity index is 1.04. The van der Waals surface area contributed by atoms with Gasteiger partial charge in [0.05, 0.1) is 54.2 Å². The number of fused-ring (bicyclic) bond motifs is 1. The van der Waals surface area contributed by atoms with Crippen LogP contribution in [0.5, 0.6) is 0 Å². The molecule has 5 atom stereocenters. The zero-order chi connectivity index (χ0) is 44.6. The van der Waals surface area contributed by atoms with E-state index >= 15 is 0 Å². The number of alkyl carbamates (subject to hydrolysis) is 1. The van der Waals surface area contributed by atoms with Crippen molar-refractivity contribution in [1.82, 2.24) is 40.4 Å². The molecular formula is C48H59N9O6. The van der Waals surface area contributed by atoms with Gasteiger partial charge in [-0.3, -0.25) is 9.59 Å². The van der Waals surface area contributed by atoms with E-state index in [1.807, 2.05) is 20.0 Å². The maximum atomic E-state index is 13.6. The van der Waals surface area contributed by atoms with E-state index in [2.05, 4.69) is 118 Å². The van der Waals surface area contributed by atoms with Gasteiger partial charge in [-0.05, 0) is 96.4 Å². The lowest BCUT2D eigenvalue weighted by atomic mass is 9.87. The summed E-state index contributed by atoms with van der Waals surface area (Å²) in [6, 6.07) is 23.0. The summed E-state index contributed by atoms with van der Waals surface area (Å²) in [5, 5.41) is 14.3. The molecule has 3 aromatic carbocycles. The van der Waals surface area contributed by atoms with Gasteiger partial charge >= 0.3 is 12.2 Å². The number of ether oxygens (including phenoxy) is 1. The molecule has 3 aliphatic rings. The Morgan fingerprint density at radius 1 is 0.825 bits per heavy atom. The van der Waals surface area contributed by atoms with Gasteiger partial charge in [0.25, 0.3) is 0 Å². The number of aromatic amines is 2. The number of carbonyl (C=O) groups is 4. The molecule has 3 saturated heterocycles. The number of carboxylic acid groups (broad SMARTS) is 1. The highest BCUT2D eigenvalue weighted by Crippen LogP contribution is 2.48. The van der Waals surface area contributed by atoms with E-state index in [1.165, 1.54) is 23.8 Å². The number of likely N-dealkylation sites (tertiary alicyclic amines) is 2. The van der Waals surface area contributed by atoms with Gasteiger partial charge in [-0.15, -0.1) is 0 Å². The second kappa shape index (κ2) is 17.8. The molecule has 15 nitrogen and oxygen atoms in total. The quantitative estimate of drug-likeness (QED) is 0.0870. The molecule has 5 N–H and O–H groups in total. The predicted molar refractivity (Wildman–Crippen MR) is 240 cm³/mol. The summed E-state index contributed by atoms with van der Waals surface area (Å²) in [4.78, 5) is 72.6. The van der Waals surface area contributed by atoms with Crippen LogP contribution in [0.1, 0.15) is 126 Å². The zero-order valence-electron chi connectivity index (χ0n) is 37.0. The molecule has 0 spiro atoms. The van der Waals surface area contributed by atoms with Crippen molar-refractivity contribution in [2.45, 2.75) is 109 Å². The second-order valence-electron chi connectivity index (χ2n) is 18.5. The van der Waals surface area contributed by atoms with Crippen molar-refractivity contribution in [2.75, 3.05) is 31.6 Å². The molecule has 2 aromatic heterocycles. The summed E-state index contributed by atoms with van der Waals surface area (Å²) >= 11 is 0. The van der Waals surface area contributed by atoms with E-state index in [9.17, 15) is 24.3 Å². The number of aromatic nitrogens is 4. The number of amides is 4. The fourth-order valence-corrected chi connectivity index (χ4v) is 9.72. The predicted octanol–water partition coefficient (Wildman–Crippen LogP) is 8.31. The van der Waals surface area contributed by atoms with Crippen molar-refractivity contribution in [3.63, 3.8) is 0 Å². The molecule has 8 rings (SSSR count). The van der Waals surface area contributed by atoms with Gasteiger partial charge in [0.15, 0.2) is 0 Å². The van der Waals surface area contributed by atoms with Gasteiger partial charge in [0.1, 0.15) is 24.2 Å². The van der Waals surface area contributed by atoms with Crippen molar-refractivity contribution in [3.05, 3.63) is 101 Å². The number of H-pyrrole nitrogens is 2. The molecule has 3 fully saturated rings. The summed E-state index contributed by atoms with van der Waals surface area (Å²) in [6.07, 6.45) is 5.06. The summed E-state index contributed by atoms with van der Waals surface area (Å²) in [7, 11) is 1.28. The Kier molecular flexibility index (Phi) is 12.2. The van der Waals surface area contributed by atoms with E-state index in [4.69, 9.17) is 9.97 Å². The minimum Gasteiger partial charge on any atom is -0.465 e. The molecule has 332 valence electrons. The van der Waals surface area contributed by atoms with Gasteiger partial charge in [0.2, 0.25) is 11.8 Å². The van der Waals surface area contributed by atoms with Crippen molar-refractivity contribution in [3.8, 4) is 11.3 Å². The largest absolute Gasteiger partial charge is 0.465 e. The van der Waals surface area contributed by atoms with Crippen molar-refractivity contribution in [2.24, 2.45) is 5.92 Å². The topological polar surface area (TPSA) is 189 Å². The average Bonchev–Trinajstić information content (AvgIpc) is 4.13. The van der Waals surface area contributed by atoms with Crippen LogP contribution >= 0.6 is 0 Å². The Labute approximate surface area is 368 Å². The lowest BCUT2D eigenvalue weighted by Crippen LogP contribution is -2.50. The second-order valence-corrected chi connectivity index (χ2v) is 18.5. The average molecular weight is 858 g/mol. The van der Waals surface area contributed by atoms with E-state index in [-0.39, 0.29) is 53.9 Å². The number of hydrogen-bond acceptors (Lipinski definition) is 8. The van der Waals surface area contributed by atoms with Crippen LogP contribution in [0.3, 0.4) is 0 Å². The molecule has 3 aliphatic heterocycles. The minimum atomic E-state index is -1.21. The molecular weight excluding hydrogens is 799 g/mol. The first-order valence-electron chi connectivity index (χ1n) is 22.1. The van der Waals surface area contributed by atoms with E-state index in [0.717, 1.165) is 72.3 Å². The lowest BCUT2D eigenvalue weighted by molar-refractivity contribution is -0.135. The van der Waals surface area contributed by atoms with E-state index in [1.54, 1.807) is 9.80 Å². The van der Waals surface area contributed by atoms with Crippen LogP contribution in [0.2, 0.25) is 0 Å². The maximum Gasteiger partial charge on any atom is 0.407 e. The van der Waals surface area contributed by atoms with Crippen molar-refractivity contribution in [1.29, 1.82) is 0 Å². The third-order valence-corrected chi connectivity index (χ3v) is 13.0. The van der Waals surface area contributed by atoms with Gasteiger partial charge < -0.3 is 45.1 Å². The van der Waals surface area contributed by atoms with Crippen LogP contribution < -0.4 is 15.5 Å². The van der Waals surface area contributed by atoms with Crippen LogP contribution in [-0.4, -0.2) is 91.6 Å². The molecule has 4 amide bonds. The standard InChI is InChI=1S/C48H59N9O6/c1-28(2)42(54-46(60)61)45(59)56-24-8-9-39(56)43-49-26-36(53-43)29-11-13-30(14-12-29)37-21-22-38(57(37)33-18-16-32(17-19-33)48(3,4)5)31-15-20-34-35(25-31)52-44(51-34)40-10-7-23-55(40)41(58)27-50-47(62)63-6/h11-20,25-26,28,37-40,42,54H,7-10,21-24,27H2,1-6H3,(H,49,53)(H,50,62)(H,51,52)(H,60,61)/t37?,38?,39-,40-,42-/m0/s1. The molecule has 0 aliphatic carbocycles. The molecule has 5 heterocycles. The Morgan fingerprint density at radius 3 is 2.13 bits per heavy atom. The van der Waals surface area contributed by atoms with Crippen molar-refractivity contribution >= 4 is 40.7 Å². The fourth-order valence-electron chi connectivity index (χ4n) is 9.72. The number of carbonyl (C=O) groups excluding carboxylic acids is 3. The Hall–Kier alpha value is -6.38. The number of benzene rings is 3. The SMILES string of the molecule is COC(=O)NCC(=O)N1CCC[C@H]1c1nc2ccc(C3CCC(c4ccc(-c5cnc([C@@H]6CCCN6C(=O)[C@@H](NC(=O)O)C(C)C)[nH]5)cc4)N3c3ccc(C(C)(C)C)cc3)cc2[nH]1. The normalized spacial score (nSPS) is 20.7. The number of anilines is 1. The van der Waals surface area contributed by atoms with Crippen LogP contribution in [0, 0.1) is 5.92 Å². The van der Waals surface area contributed by atoms with Gasteiger partial charge in [-0.2, -0.15) is 0 Å². The third-order valence-electron chi connectivity index (χ3n) is 13.0. The molecule has 5 aromatic rings. The van der Waals surface area contributed by atoms with Crippen molar-refractivity contribution < 1.29 is 29.0 Å². The highest BCUT2D eigenvalue weighted by molar-refractivity contribution is 5.86. The summed E-state index contributed by atoms with van der Waals surface area (Å²) in [5.41, 5.74) is 8.44. The molecule has 0 saturated carbocycles. The molecule has 0 bridgehead atoms. The maximum absolute atomic E-state index is 13.6. The summed E-state index contributed by atoms with van der Waals surface area (Å²) < 4.78 is 4.65. The van der Waals surface area contributed by atoms with E-state index < -0.39 is 18.2 Å². The number of nitrogens with one attached hydrogen (secondary N) is 4. The first kappa shape index (κ1) is 43.3.